The lowest BCUT2D eigenvalue weighted by Crippen LogP contribution is -2.26. The standard InChI is InChI=1S/C22H22N2O5S/c1-24(30(26,27)19-10-5-4-6-11-19)18-9-7-8-16(14-18)22(25)23-17-12-13-20(28-2)21(15-17)29-3/h4-15H,1-3H3,(H,23,25). The first-order valence-corrected chi connectivity index (χ1v) is 10.5. The minimum Gasteiger partial charge on any atom is -0.493 e. The molecule has 1 N–H and O–H groups in total. The fourth-order valence-electron chi connectivity index (χ4n) is 2.85. The van der Waals surface area contributed by atoms with Crippen molar-refractivity contribution in [3.63, 3.8) is 0 Å². The van der Waals surface area contributed by atoms with Crippen molar-refractivity contribution in [3.05, 3.63) is 78.4 Å². The molecule has 0 spiro atoms. The molecule has 3 aromatic carbocycles. The number of ether oxygens (including phenoxy) is 2. The van der Waals surface area contributed by atoms with E-state index in [-0.39, 0.29) is 10.8 Å². The van der Waals surface area contributed by atoms with Crippen LogP contribution in [-0.4, -0.2) is 35.6 Å². The molecule has 0 atom stereocenters. The highest BCUT2D eigenvalue weighted by atomic mass is 32.2. The Morgan fingerprint density at radius 1 is 0.867 bits per heavy atom. The van der Waals surface area contributed by atoms with Crippen molar-refractivity contribution in [2.75, 3.05) is 30.9 Å². The Morgan fingerprint density at radius 2 is 1.57 bits per heavy atom. The maximum absolute atomic E-state index is 12.8. The van der Waals surface area contributed by atoms with Crippen LogP contribution in [0.2, 0.25) is 0 Å². The average Bonchev–Trinajstić information content (AvgIpc) is 2.79. The summed E-state index contributed by atoms with van der Waals surface area (Å²) in [5.41, 5.74) is 1.21. The molecule has 8 heteroatoms. The van der Waals surface area contributed by atoms with Crippen LogP contribution >= 0.6 is 0 Å². The number of nitrogens with zero attached hydrogens (tertiary/aromatic N) is 1. The maximum Gasteiger partial charge on any atom is 0.264 e. The molecule has 0 fully saturated rings. The Bertz CT molecular complexity index is 1150. The molecule has 0 aliphatic heterocycles. The smallest absolute Gasteiger partial charge is 0.264 e. The highest BCUT2D eigenvalue weighted by Crippen LogP contribution is 2.30. The molecule has 0 radical (unpaired) electrons. The molecule has 156 valence electrons. The summed E-state index contributed by atoms with van der Waals surface area (Å²) in [4.78, 5) is 12.9. The second kappa shape index (κ2) is 8.87. The van der Waals surface area contributed by atoms with E-state index in [9.17, 15) is 13.2 Å². The summed E-state index contributed by atoms with van der Waals surface area (Å²) >= 11 is 0. The van der Waals surface area contributed by atoms with Crippen LogP contribution in [0.25, 0.3) is 0 Å². The Balaban J connectivity index is 1.84. The molecular formula is C22H22N2O5S. The summed E-state index contributed by atoms with van der Waals surface area (Å²) in [6.07, 6.45) is 0. The molecule has 0 unspecified atom stereocenters. The molecule has 0 saturated carbocycles. The van der Waals surface area contributed by atoms with Crippen molar-refractivity contribution in [3.8, 4) is 11.5 Å². The van der Waals surface area contributed by atoms with E-state index in [1.807, 2.05) is 0 Å². The van der Waals surface area contributed by atoms with Gasteiger partial charge in [-0.2, -0.15) is 0 Å². The zero-order valence-corrected chi connectivity index (χ0v) is 17.6. The second-order valence-corrected chi connectivity index (χ2v) is 8.33. The predicted molar refractivity (Wildman–Crippen MR) is 116 cm³/mol. The van der Waals surface area contributed by atoms with E-state index in [4.69, 9.17) is 9.47 Å². The molecular weight excluding hydrogens is 404 g/mol. The third kappa shape index (κ3) is 4.38. The van der Waals surface area contributed by atoms with Gasteiger partial charge in [-0.3, -0.25) is 9.10 Å². The maximum atomic E-state index is 12.8. The Hall–Kier alpha value is -3.52. The molecule has 7 nitrogen and oxygen atoms in total. The zero-order chi connectivity index (χ0) is 21.7. The van der Waals surface area contributed by atoms with Crippen molar-refractivity contribution in [1.82, 2.24) is 0 Å². The number of carbonyl (C=O) groups is 1. The van der Waals surface area contributed by atoms with E-state index < -0.39 is 10.0 Å². The van der Waals surface area contributed by atoms with Gasteiger partial charge in [-0.1, -0.05) is 24.3 Å². The van der Waals surface area contributed by atoms with E-state index in [0.29, 0.717) is 28.4 Å². The minimum atomic E-state index is -3.74. The fraction of sp³-hybridized carbons (Fsp3) is 0.136. The average molecular weight is 426 g/mol. The van der Waals surface area contributed by atoms with Gasteiger partial charge in [0, 0.05) is 24.4 Å². The van der Waals surface area contributed by atoms with Crippen LogP contribution in [0.3, 0.4) is 0 Å². The van der Waals surface area contributed by atoms with Crippen LogP contribution < -0.4 is 19.1 Å². The van der Waals surface area contributed by atoms with Crippen LogP contribution in [0.1, 0.15) is 10.4 Å². The van der Waals surface area contributed by atoms with E-state index in [2.05, 4.69) is 5.32 Å². The normalized spacial score (nSPS) is 10.9. The van der Waals surface area contributed by atoms with Gasteiger partial charge in [-0.25, -0.2) is 8.42 Å². The lowest BCUT2D eigenvalue weighted by molar-refractivity contribution is 0.102. The lowest BCUT2D eigenvalue weighted by atomic mass is 10.2. The first kappa shape index (κ1) is 21.2. The number of rotatable bonds is 7. The fourth-order valence-corrected chi connectivity index (χ4v) is 4.06. The molecule has 3 rings (SSSR count). The van der Waals surface area contributed by atoms with E-state index in [1.165, 1.54) is 39.5 Å². The molecule has 0 aromatic heterocycles. The Kier molecular flexibility index (Phi) is 6.27. The number of methoxy groups -OCH3 is 2. The zero-order valence-electron chi connectivity index (χ0n) is 16.8. The summed E-state index contributed by atoms with van der Waals surface area (Å²) in [6.45, 7) is 0. The van der Waals surface area contributed by atoms with Gasteiger partial charge in [-0.15, -0.1) is 0 Å². The van der Waals surface area contributed by atoms with Crippen molar-refractivity contribution in [2.45, 2.75) is 4.90 Å². The quantitative estimate of drug-likeness (QED) is 0.621. The Morgan fingerprint density at radius 3 is 2.23 bits per heavy atom. The summed E-state index contributed by atoms with van der Waals surface area (Å²) < 4.78 is 37.3. The van der Waals surface area contributed by atoms with Gasteiger partial charge in [0.1, 0.15) is 0 Å². The Labute approximate surface area is 175 Å². The van der Waals surface area contributed by atoms with Crippen LogP contribution in [0, 0.1) is 0 Å². The van der Waals surface area contributed by atoms with Crippen LogP contribution in [0.4, 0.5) is 11.4 Å². The van der Waals surface area contributed by atoms with Crippen molar-refractivity contribution in [2.24, 2.45) is 0 Å². The number of sulfonamides is 1. The van der Waals surface area contributed by atoms with Crippen molar-refractivity contribution < 1.29 is 22.7 Å². The van der Waals surface area contributed by atoms with Gasteiger partial charge < -0.3 is 14.8 Å². The molecule has 0 aliphatic rings. The number of amides is 1. The number of hydrogen-bond donors (Lipinski definition) is 1. The van der Waals surface area contributed by atoms with Crippen molar-refractivity contribution in [1.29, 1.82) is 0 Å². The molecule has 1 amide bonds. The molecule has 0 saturated heterocycles. The number of benzene rings is 3. The van der Waals surface area contributed by atoms with E-state index in [0.717, 1.165) is 4.31 Å². The van der Waals surface area contributed by atoms with E-state index in [1.54, 1.807) is 54.6 Å². The molecule has 30 heavy (non-hydrogen) atoms. The van der Waals surface area contributed by atoms with Gasteiger partial charge in [-0.05, 0) is 42.5 Å². The molecule has 0 heterocycles. The monoisotopic (exact) mass is 426 g/mol. The van der Waals surface area contributed by atoms with Gasteiger partial charge in [0.2, 0.25) is 0 Å². The third-order valence-electron chi connectivity index (χ3n) is 4.51. The van der Waals surface area contributed by atoms with Gasteiger partial charge in [0.25, 0.3) is 15.9 Å². The third-order valence-corrected chi connectivity index (χ3v) is 6.31. The summed E-state index contributed by atoms with van der Waals surface area (Å²) in [5.74, 6) is 0.651. The van der Waals surface area contributed by atoms with Gasteiger partial charge in [0.15, 0.2) is 11.5 Å². The lowest BCUT2D eigenvalue weighted by Gasteiger charge is -2.20. The number of nitrogens with one attached hydrogen (secondary N) is 1. The summed E-state index contributed by atoms with van der Waals surface area (Å²) in [5, 5.41) is 2.78. The first-order chi connectivity index (χ1) is 14.4. The highest BCUT2D eigenvalue weighted by Gasteiger charge is 2.21. The largest absolute Gasteiger partial charge is 0.493 e. The van der Waals surface area contributed by atoms with Crippen LogP contribution in [-0.2, 0) is 10.0 Å². The van der Waals surface area contributed by atoms with Gasteiger partial charge in [0.05, 0.1) is 24.8 Å². The minimum absolute atomic E-state index is 0.174. The van der Waals surface area contributed by atoms with Crippen LogP contribution in [0.5, 0.6) is 11.5 Å². The highest BCUT2D eigenvalue weighted by molar-refractivity contribution is 7.92. The summed E-state index contributed by atoms with van der Waals surface area (Å²) in [6, 6.07) is 19.5. The topological polar surface area (TPSA) is 84.9 Å². The van der Waals surface area contributed by atoms with Crippen LogP contribution in [0.15, 0.2) is 77.7 Å². The number of anilines is 2. The first-order valence-electron chi connectivity index (χ1n) is 9.04. The second-order valence-electron chi connectivity index (χ2n) is 6.36. The summed E-state index contributed by atoms with van der Waals surface area (Å²) in [7, 11) is 0.752. The SMILES string of the molecule is COc1ccc(NC(=O)c2cccc(N(C)S(=O)(=O)c3ccccc3)c2)cc1OC. The van der Waals surface area contributed by atoms with E-state index >= 15 is 0 Å². The number of carbonyl (C=O) groups excluding carboxylic acids is 1. The molecule has 0 bridgehead atoms. The van der Waals surface area contributed by atoms with Gasteiger partial charge >= 0.3 is 0 Å². The predicted octanol–water partition coefficient (Wildman–Crippen LogP) is 3.78. The molecule has 0 aliphatic carbocycles. The number of hydrogen-bond acceptors (Lipinski definition) is 5. The van der Waals surface area contributed by atoms with Crippen molar-refractivity contribution >= 4 is 27.3 Å². The molecule has 3 aromatic rings.